The van der Waals surface area contributed by atoms with Crippen molar-refractivity contribution in [3.63, 3.8) is 0 Å². The molecule has 0 radical (unpaired) electrons. The zero-order chi connectivity index (χ0) is 21.2. The third-order valence-electron chi connectivity index (χ3n) is 5.85. The van der Waals surface area contributed by atoms with E-state index in [0.717, 1.165) is 37.6 Å². The number of aromatic nitrogens is 1. The Morgan fingerprint density at radius 3 is 2.41 bits per heavy atom. The number of hydrogen-bond acceptors (Lipinski definition) is 5. The third kappa shape index (κ3) is 5.90. The fourth-order valence-corrected chi connectivity index (χ4v) is 5.32. The van der Waals surface area contributed by atoms with Crippen molar-refractivity contribution in [2.75, 3.05) is 12.9 Å². The number of nitrogens with one attached hydrogen (secondary N) is 1. The molecular formula is C21H34N2O5S. The van der Waals surface area contributed by atoms with E-state index in [1.165, 1.54) is 0 Å². The van der Waals surface area contributed by atoms with Crippen LogP contribution in [0, 0.1) is 6.92 Å². The zero-order valence-corrected chi connectivity index (χ0v) is 18.7. The van der Waals surface area contributed by atoms with E-state index in [2.05, 4.69) is 18.6 Å². The maximum Gasteiger partial charge on any atom is 0.254 e. The van der Waals surface area contributed by atoms with Crippen LogP contribution in [0.4, 0.5) is 0 Å². The van der Waals surface area contributed by atoms with Crippen LogP contribution in [0.15, 0.2) is 16.9 Å². The van der Waals surface area contributed by atoms with Crippen molar-refractivity contribution in [3.05, 3.63) is 33.7 Å². The van der Waals surface area contributed by atoms with Crippen molar-refractivity contribution in [3.8, 4) is 0 Å². The number of ether oxygens (including phenoxy) is 2. The first kappa shape index (κ1) is 22.5. The highest BCUT2D eigenvalue weighted by molar-refractivity contribution is 7.88. The van der Waals surface area contributed by atoms with E-state index in [1.807, 2.05) is 12.1 Å². The third-order valence-corrected chi connectivity index (χ3v) is 6.58. The van der Waals surface area contributed by atoms with Gasteiger partial charge in [-0.25, -0.2) is 13.1 Å². The Morgan fingerprint density at radius 2 is 1.79 bits per heavy atom. The fourth-order valence-electron chi connectivity index (χ4n) is 4.49. The summed E-state index contributed by atoms with van der Waals surface area (Å²) in [5.41, 5.74) is 1.53. The number of hydrogen-bond donors (Lipinski definition) is 1. The van der Waals surface area contributed by atoms with Crippen LogP contribution < -0.4 is 10.3 Å². The molecule has 2 atom stereocenters. The minimum atomic E-state index is -3.38. The van der Waals surface area contributed by atoms with Gasteiger partial charge in [0.25, 0.3) is 5.56 Å². The summed E-state index contributed by atoms with van der Waals surface area (Å²) in [6.07, 6.45) is 6.89. The molecule has 164 valence electrons. The summed E-state index contributed by atoms with van der Waals surface area (Å²) in [6.45, 7) is 6.22. The number of fused-ring (bicyclic) bond motifs is 1. The largest absolute Gasteiger partial charge is 0.376 e. The van der Waals surface area contributed by atoms with E-state index < -0.39 is 10.0 Å². The van der Waals surface area contributed by atoms with Crippen molar-refractivity contribution in [2.45, 2.75) is 89.7 Å². The van der Waals surface area contributed by atoms with Crippen molar-refractivity contribution in [1.82, 2.24) is 9.29 Å². The summed E-state index contributed by atoms with van der Waals surface area (Å²) in [7, 11) is -3.38. The highest BCUT2D eigenvalue weighted by Gasteiger charge is 2.33. The molecule has 1 aliphatic carbocycles. The second kappa shape index (κ2) is 9.29. The lowest BCUT2D eigenvalue weighted by Crippen LogP contribution is -2.49. The molecule has 2 unspecified atom stereocenters. The molecule has 0 saturated heterocycles. The predicted molar refractivity (Wildman–Crippen MR) is 113 cm³/mol. The minimum absolute atomic E-state index is 0.0647. The van der Waals surface area contributed by atoms with Crippen LogP contribution in [0.3, 0.4) is 0 Å². The van der Waals surface area contributed by atoms with Gasteiger partial charge in [0, 0.05) is 17.3 Å². The molecule has 1 N–H and O–H groups in total. The van der Waals surface area contributed by atoms with Gasteiger partial charge in [-0.05, 0) is 65.4 Å². The summed E-state index contributed by atoms with van der Waals surface area (Å²) in [4.78, 5) is 12.8. The van der Waals surface area contributed by atoms with E-state index in [9.17, 15) is 13.2 Å². The van der Waals surface area contributed by atoms with Crippen molar-refractivity contribution < 1.29 is 17.9 Å². The van der Waals surface area contributed by atoms with Gasteiger partial charge in [0.05, 0.1) is 37.2 Å². The van der Waals surface area contributed by atoms with Crippen LogP contribution in [0.2, 0.25) is 0 Å². The molecule has 29 heavy (non-hydrogen) atoms. The molecule has 1 saturated carbocycles. The predicted octanol–water partition coefficient (Wildman–Crippen LogP) is 2.31. The summed E-state index contributed by atoms with van der Waals surface area (Å²) in [5.74, 6) is 0. The maximum atomic E-state index is 12.8. The lowest BCUT2D eigenvalue weighted by molar-refractivity contribution is -0.0586. The van der Waals surface area contributed by atoms with Gasteiger partial charge in [0.1, 0.15) is 0 Å². The first-order valence-corrected chi connectivity index (χ1v) is 12.5. The average Bonchev–Trinajstić information content (AvgIpc) is 2.63. The lowest BCUT2D eigenvalue weighted by Gasteiger charge is -2.37. The molecule has 0 amide bonds. The second-order valence-electron chi connectivity index (χ2n) is 8.70. The van der Waals surface area contributed by atoms with E-state index in [-0.39, 0.29) is 36.0 Å². The SMILES string of the molecule is Cc1ccc2n(c1=O)C(COC1CCC(OC(C)C)CC1)C(NS(C)(=O)=O)CC2. The summed E-state index contributed by atoms with van der Waals surface area (Å²) >= 11 is 0. The molecule has 7 nitrogen and oxygen atoms in total. The van der Waals surface area contributed by atoms with Gasteiger partial charge < -0.3 is 14.0 Å². The number of nitrogens with zero attached hydrogens (tertiary/aromatic N) is 1. The Kier molecular flexibility index (Phi) is 7.19. The molecule has 1 aromatic rings. The van der Waals surface area contributed by atoms with Crippen molar-refractivity contribution in [1.29, 1.82) is 0 Å². The van der Waals surface area contributed by atoms with Crippen LogP contribution in [0.25, 0.3) is 0 Å². The normalized spacial score (nSPS) is 27.8. The average molecular weight is 427 g/mol. The van der Waals surface area contributed by atoms with Gasteiger partial charge in [-0.3, -0.25) is 4.79 Å². The van der Waals surface area contributed by atoms with Crippen molar-refractivity contribution >= 4 is 10.0 Å². The summed E-state index contributed by atoms with van der Waals surface area (Å²) in [6, 6.07) is 3.12. The molecule has 1 aliphatic heterocycles. The lowest BCUT2D eigenvalue weighted by atomic mass is 9.94. The molecule has 3 rings (SSSR count). The standard InChI is InChI=1S/C21H34N2O5S/c1-14(2)28-18-10-8-17(9-11-18)27-13-20-19(22-29(4,25)26)12-7-16-6-5-15(3)21(24)23(16)20/h5-6,14,17-20,22H,7-13H2,1-4H3. The highest BCUT2D eigenvalue weighted by atomic mass is 32.2. The molecule has 1 fully saturated rings. The maximum absolute atomic E-state index is 12.8. The molecule has 2 heterocycles. The Hall–Kier alpha value is -1.22. The molecule has 0 bridgehead atoms. The highest BCUT2D eigenvalue weighted by Crippen LogP contribution is 2.28. The van der Waals surface area contributed by atoms with Gasteiger partial charge in [-0.2, -0.15) is 0 Å². The van der Waals surface area contributed by atoms with Gasteiger partial charge in [-0.1, -0.05) is 6.07 Å². The number of aryl methyl sites for hydroxylation is 2. The summed E-state index contributed by atoms with van der Waals surface area (Å²) < 4.78 is 40.4. The van der Waals surface area contributed by atoms with Gasteiger partial charge in [0.2, 0.25) is 10.0 Å². The smallest absolute Gasteiger partial charge is 0.254 e. The first-order valence-electron chi connectivity index (χ1n) is 10.6. The molecule has 0 aromatic carbocycles. The number of pyridine rings is 1. The van der Waals surface area contributed by atoms with E-state index in [1.54, 1.807) is 11.5 Å². The van der Waals surface area contributed by atoms with E-state index in [4.69, 9.17) is 9.47 Å². The van der Waals surface area contributed by atoms with Gasteiger partial charge in [0.15, 0.2) is 0 Å². The molecule has 2 aliphatic rings. The van der Waals surface area contributed by atoms with Crippen LogP contribution in [-0.2, 0) is 25.9 Å². The Labute approximate surface area is 173 Å². The van der Waals surface area contributed by atoms with Crippen molar-refractivity contribution in [2.24, 2.45) is 0 Å². The number of sulfonamides is 1. The van der Waals surface area contributed by atoms with Gasteiger partial charge in [-0.15, -0.1) is 0 Å². The second-order valence-corrected chi connectivity index (χ2v) is 10.5. The van der Waals surface area contributed by atoms with Crippen LogP contribution in [-0.4, -0.2) is 50.2 Å². The fraction of sp³-hybridized carbons (Fsp3) is 0.762. The molecular weight excluding hydrogens is 392 g/mol. The van der Waals surface area contributed by atoms with E-state index in [0.29, 0.717) is 25.0 Å². The Balaban J connectivity index is 1.72. The molecule has 0 spiro atoms. The molecule has 8 heteroatoms. The quantitative estimate of drug-likeness (QED) is 0.723. The minimum Gasteiger partial charge on any atom is -0.376 e. The van der Waals surface area contributed by atoms with Crippen LogP contribution >= 0.6 is 0 Å². The van der Waals surface area contributed by atoms with Crippen LogP contribution in [0.1, 0.15) is 63.3 Å². The zero-order valence-electron chi connectivity index (χ0n) is 17.9. The van der Waals surface area contributed by atoms with Gasteiger partial charge >= 0.3 is 0 Å². The Bertz CT molecular complexity index is 856. The monoisotopic (exact) mass is 426 g/mol. The van der Waals surface area contributed by atoms with E-state index >= 15 is 0 Å². The summed E-state index contributed by atoms with van der Waals surface area (Å²) in [5, 5.41) is 0. The Morgan fingerprint density at radius 1 is 1.14 bits per heavy atom. The van der Waals surface area contributed by atoms with Crippen LogP contribution in [0.5, 0.6) is 0 Å². The first-order chi connectivity index (χ1) is 13.6. The molecule has 1 aromatic heterocycles. The number of rotatable bonds is 7. The topological polar surface area (TPSA) is 86.6 Å².